The Bertz CT molecular complexity index is 540. The molecule has 1 aromatic carbocycles. The summed E-state index contributed by atoms with van der Waals surface area (Å²) in [7, 11) is 0. The Balaban J connectivity index is 1.97. The van der Waals surface area contributed by atoms with Crippen LogP contribution in [0.3, 0.4) is 0 Å². The summed E-state index contributed by atoms with van der Waals surface area (Å²) in [6.45, 7) is 2.90. The highest BCUT2D eigenvalue weighted by atomic mass is 79.9. The van der Waals surface area contributed by atoms with Crippen LogP contribution in [0.15, 0.2) is 22.7 Å². The SMILES string of the molecule is CC1CCC(CNC(=O)c2cccc([N+](=O)[O-])c2Br)CC1. The minimum absolute atomic E-state index is 0.0888. The van der Waals surface area contributed by atoms with Gasteiger partial charge in [0.15, 0.2) is 0 Å². The molecule has 1 fully saturated rings. The fourth-order valence-electron chi connectivity index (χ4n) is 2.70. The molecule has 2 rings (SSSR count). The summed E-state index contributed by atoms with van der Waals surface area (Å²) >= 11 is 3.15. The van der Waals surface area contributed by atoms with Crippen LogP contribution in [0, 0.1) is 22.0 Å². The van der Waals surface area contributed by atoms with Crippen molar-refractivity contribution in [2.45, 2.75) is 32.6 Å². The number of hydrogen-bond acceptors (Lipinski definition) is 3. The molecule has 1 aliphatic carbocycles. The lowest BCUT2D eigenvalue weighted by Crippen LogP contribution is -2.31. The molecule has 114 valence electrons. The van der Waals surface area contributed by atoms with E-state index in [9.17, 15) is 14.9 Å². The molecule has 0 radical (unpaired) electrons. The van der Waals surface area contributed by atoms with Crippen molar-refractivity contribution >= 4 is 27.5 Å². The molecule has 1 saturated carbocycles. The van der Waals surface area contributed by atoms with E-state index in [2.05, 4.69) is 28.2 Å². The molecule has 1 aromatic rings. The van der Waals surface area contributed by atoms with Gasteiger partial charge in [0.1, 0.15) is 4.47 Å². The van der Waals surface area contributed by atoms with Gasteiger partial charge in [-0.2, -0.15) is 0 Å². The third-order valence-corrected chi connectivity index (χ3v) is 4.94. The number of nitro groups is 1. The summed E-state index contributed by atoms with van der Waals surface area (Å²) in [6, 6.07) is 4.50. The van der Waals surface area contributed by atoms with Crippen molar-refractivity contribution in [1.29, 1.82) is 0 Å². The first kappa shape index (κ1) is 15.9. The molecule has 5 nitrogen and oxygen atoms in total. The van der Waals surface area contributed by atoms with Crippen LogP contribution in [0.1, 0.15) is 43.0 Å². The molecule has 0 aliphatic heterocycles. The van der Waals surface area contributed by atoms with E-state index in [1.165, 1.54) is 25.0 Å². The Morgan fingerprint density at radius 1 is 1.38 bits per heavy atom. The van der Waals surface area contributed by atoms with Crippen molar-refractivity contribution < 1.29 is 9.72 Å². The molecule has 0 saturated heterocycles. The average Bonchev–Trinajstić information content (AvgIpc) is 2.46. The van der Waals surface area contributed by atoms with Crippen LogP contribution in [-0.4, -0.2) is 17.4 Å². The third-order valence-electron chi connectivity index (χ3n) is 4.11. The normalized spacial score (nSPS) is 21.8. The molecule has 0 aromatic heterocycles. The van der Waals surface area contributed by atoms with Crippen LogP contribution < -0.4 is 5.32 Å². The van der Waals surface area contributed by atoms with Gasteiger partial charge in [-0.1, -0.05) is 25.8 Å². The lowest BCUT2D eigenvalue weighted by Gasteiger charge is -2.26. The van der Waals surface area contributed by atoms with E-state index >= 15 is 0 Å². The molecular weight excluding hydrogens is 336 g/mol. The van der Waals surface area contributed by atoms with E-state index in [1.54, 1.807) is 6.07 Å². The standard InChI is InChI=1S/C15H19BrN2O3/c1-10-5-7-11(8-6-10)9-17-15(19)12-3-2-4-13(14(12)16)18(20)21/h2-4,10-11H,5-9H2,1H3,(H,17,19). The van der Waals surface area contributed by atoms with E-state index in [1.807, 2.05) is 0 Å². The second kappa shape index (κ2) is 7.02. The van der Waals surface area contributed by atoms with Crippen molar-refractivity contribution in [3.63, 3.8) is 0 Å². The van der Waals surface area contributed by atoms with Gasteiger partial charge in [-0.25, -0.2) is 0 Å². The van der Waals surface area contributed by atoms with Crippen LogP contribution in [0.4, 0.5) is 5.69 Å². The topological polar surface area (TPSA) is 72.2 Å². The number of nitro benzene ring substituents is 1. The second-order valence-electron chi connectivity index (χ2n) is 5.73. The number of carbonyl (C=O) groups excluding carboxylic acids is 1. The number of nitrogens with one attached hydrogen (secondary N) is 1. The summed E-state index contributed by atoms with van der Waals surface area (Å²) in [5, 5.41) is 13.8. The van der Waals surface area contributed by atoms with Gasteiger partial charge in [0.25, 0.3) is 11.6 Å². The smallest absolute Gasteiger partial charge is 0.284 e. The monoisotopic (exact) mass is 354 g/mol. The molecular formula is C15H19BrN2O3. The van der Waals surface area contributed by atoms with Gasteiger partial charge in [-0.3, -0.25) is 14.9 Å². The summed E-state index contributed by atoms with van der Waals surface area (Å²) < 4.78 is 0.241. The van der Waals surface area contributed by atoms with E-state index in [-0.39, 0.29) is 16.1 Å². The first-order valence-electron chi connectivity index (χ1n) is 7.20. The van der Waals surface area contributed by atoms with Crippen molar-refractivity contribution in [3.8, 4) is 0 Å². The van der Waals surface area contributed by atoms with Crippen molar-refractivity contribution in [3.05, 3.63) is 38.3 Å². The molecule has 0 atom stereocenters. The number of nitrogens with zero attached hydrogens (tertiary/aromatic N) is 1. The molecule has 1 amide bonds. The summed E-state index contributed by atoms with van der Waals surface area (Å²) in [5.41, 5.74) is 0.225. The molecule has 0 heterocycles. The highest BCUT2D eigenvalue weighted by molar-refractivity contribution is 9.10. The third kappa shape index (κ3) is 4.03. The summed E-state index contributed by atoms with van der Waals surface area (Å²) in [6.07, 6.45) is 4.69. The quantitative estimate of drug-likeness (QED) is 0.657. The van der Waals surface area contributed by atoms with Crippen molar-refractivity contribution in [2.24, 2.45) is 11.8 Å². The van der Waals surface area contributed by atoms with Crippen LogP contribution in [0.2, 0.25) is 0 Å². The molecule has 0 bridgehead atoms. The Labute approximate surface area is 132 Å². The minimum atomic E-state index is -0.497. The molecule has 6 heteroatoms. The van der Waals surface area contributed by atoms with Crippen LogP contribution in [0.25, 0.3) is 0 Å². The van der Waals surface area contributed by atoms with Crippen LogP contribution in [0.5, 0.6) is 0 Å². The number of amides is 1. The minimum Gasteiger partial charge on any atom is -0.352 e. The van der Waals surface area contributed by atoms with Crippen molar-refractivity contribution in [1.82, 2.24) is 5.32 Å². The number of carbonyl (C=O) groups is 1. The predicted octanol–water partition coefficient (Wildman–Crippen LogP) is 3.91. The number of benzene rings is 1. The zero-order chi connectivity index (χ0) is 15.4. The lowest BCUT2D eigenvalue weighted by molar-refractivity contribution is -0.385. The zero-order valence-electron chi connectivity index (χ0n) is 12.0. The maximum absolute atomic E-state index is 12.2. The number of hydrogen-bond donors (Lipinski definition) is 1. The largest absolute Gasteiger partial charge is 0.352 e. The summed E-state index contributed by atoms with van der Waals surface area (Å²) in [4.78, 5) is 22.6. The van der Waals surface area contributed by atoms with E-state index in [0.717, 1.165) is 18.8 Å². The molecule has 0 spiro atoms. The zero-order valence-corrected chi connectivity index (χ0v) is 13.6. The van der Waals surface area contributed by atoms with Gasteiger partial charge in [-0.05, 0) is 46.7 Å². The number of rotatable bonds is 4. The molecule has 21 heavy (non-hydrogen) atoms. The average molecular weight is 355 g/mol. The molecule has 1 aliphatic rings. The second-order valence-corrected chi connectivity index (χ2v) is 6.52. The van der Waals surface area contributed by atoms with E-state index < -0.39 is 4.92 Å². The Kier molecular flexibility index (Phi) is 5.33. The highest BCUT2D eigenvalue weighted by Crippen LogP contribution is 2.29. The molecule has 1 N–H and O–H groups in total. The van der Waals surface area contributed by atoms with Gasteiger partial charge in [0.2, 0.25) is 0 Å². The van der Waals surface area contributed by atoms with Gasteiger partial charge in [-0.15, -0.1) is 0 Å². The van der Waals surface area contributed by atoms with Crippen molar-refractivity contribution in [2.75, 3.05) is 6.54 Å². The van der Waals surface area contributed by atoms with Gasteiger partial charge in [0.05, 0.1) is 10.5 Å². The first-order chi connectivity index (χ1) is 9.99. The first-order valence-corrected chi connectivity index (χ1v) is 7.99. The van der Waals surface area contributed by atoms with E-state index in [4.69, 9.17) is 0 Å². The maximum Gasteiger partial charge on any atom is 0.284 e. The van der Waals surface area contributed by atoms with Gasteiger partial charge >= 0.3 is 0 Å². The van der Waals surface area contributed by atoms with E-state index in [0.29, 0.717) is 18.0 Å². The Morgan fingerprint density at radius 2 is 2.05 bits per heavy atom. The van der Waals surface area contributed by atoms with Crippen LogP contribution in [-0.2, 0) is 0 Å². The van der Waals surface area contributed by atoms with Gasteiger partial charge < -0.3 is 5.32 Å². The Hall–Kier alpha value is -1.43. The number of halogens is 1. The fourth-order valence-corrected chi connectivity index (χ4v) is 3.29. The van der Waals surface area contributed by atoms with Gasteiger partial charge in [0, 0.05) is 12.6 Å². The van der Waals surface area contributed by atoms with Crippen LogP contribution >= 0.6 is 15.9 Å². The maximum atomic E-state index is 12.2. The predicted molar refractivity (Wildman–Crippen MR) is 84.3 cm³/mol. The lowest BCUT2D eigenvalue weighted by atomic mass is 9.83. The summed E-state index contributed by atoms with van der Waals surface area (Å²) in [5.74, 6) is 1.04. The fraction of sp³-hybridized carbons (Fsp3) is 0.533. The Morgan fingerprint density at radius 3 is 2.67 bits per heavy atom. The highest BCUT2D eigenvalue weighted by Gasteiger charge is 2.22. The molecule has 0 unspecified atom stereocenters.